The molecule has 3 rings (SSSR count). The lowest BCUT2D eigenvalue weighted by Crippen LogP contribution is -2.12. The Morgan fingerprint density at radius 3 is 2.58 bits per heavy atom. The minimum Gasteiger partial charge on any atom is -0.462 e. The van der Waals surface area contributed by atoms with Crippen molar-refractivity contribution in [2.75, 3.05) is 11.3 Å². The normalized spacial score (nSPS) is 11.5. The van der Waals surface area contributed by atoms with E-state index in [9.17, 15) is 13.2 Å². The molecule has 0 saturated heterocycles. The number of rotatable bonds is 5. The number of ether oxygens (including phenoxy) is 1. The topological polar surface area (TPSA) is 85.6 Å². The van der Waals surface area contributed by atoms with Crippen molar-refractivity contribution in [3.63, 3.8) is 0 Å². The van der Waals surface area contributed by atoms with E-state index in [1.807, 2.05) is 0 Å². The van der Waals surface area contributed by atoms with Crippen LogP contribution in [0.1, 0.15) is 23.0 Å². The van der Waals surface area contributed by atoms with Crippen LogP contribution in [-0.4, -0.2) is 21.0 Å². The van der Waals surface area contributed by atoms with Gasteiger partial charge >= 0.3 is 5.97 Å². The van der Waals surface area contributed by atoms with Crippen molar-refractivity contribution in [3.8, 4) is 0 Å². The van der Waals surface area contributed by atoms with Crippen molar-refractivity contribution < 1.29 is 22.4 Å². The van der Waals surface area contributed by atoms with Gasteiger partial charge in [-0.15, -0.1) is 0 Å². The Hall–Kier alpha value is -2.51. The zero-order valence-corrected chi connectivity index (χ0v) is 15.6. The van der Waals surface area contributed by atoms with Crippen LogP contribution in [0.2, 0.25) is 5.02 Å². The first-order chi connectivity index (χ1) is 12.3. The molecular weight excluding hydrogens is 378 g/mol. The second-order valence-corrected chi connectivity index (χ2v) is 7.60. The smallest absolute Gasteiger partial charge is 0.342 e. The molecule has 26 heavy (non-hydrogen) atoms. The Labute approximate surface area is 155 Å². The molecule has 0 saturated carbocycles. The molecule has 0 aliphatic heterocycles. The minimum absolute atomic E-state index is 0.116. The number of halogens is 1. The number of benzene rings is 2. The molecule has 3 aromatic rings. The maximum absolute atomic E-state index is 12.5. The van der Waals surface area contributed by atoms with Gasteiger partial charge < -0.3 is 9.15 Å². The quantitative estimate of drug-likeness (QED) is 0.650. The Morgan fingerprint density at radius 1 is 1.23 bits per heavy atom. The van der Waals surface area contributed by atoms with E-state index in [0.29, 0.717) is 16.7 Å². The highest BCUT2D eigenvalue weighted by Crippen LogP contribution is 2.35. The third kappa shape index (κ3) is 3.40. The van der Waals surface area contributed by atoms with Crippen molar-refractivity contribution >= 4 is 44.3 Å². The van der Waals surface area contributed by atoms with E-state index in [-0.39, 0.29) is 27.8 Å². The SMILES string of the molecule is CCOC(=O)c1c(C)oc2c(Cl)cc(NS(=O)(=O)c3ccccc3)cc12. The predicted molar refractivity (Wildman–Crippen MR) is 99.2 cm³/mol. The summed E-state index contributed by atoms with van der Waals surface area (Å²) in [5.74, 6) is -0.203. The van der Waals surface area contributed by atoms with Crippen LogP contribution >= 0.6 is 11.6 Å². The standard InChI is InChI=1S/C18H16ClNO5S/c1-3-24-18(21)16-11(2)25-17-14(16)9-12(10-15(17)19)20-26(22,23)13-7-5-4-6-8-13/h4-10,20H,3H2,1-2H3. The van der Waals surface area contributed by atoms with Gasteiger partial charge in [0.25, 0.3) is 10.0 Å². The van der Waals surface area contributed by atoms with E-state index in [0.717, 1.165) is 0 Å². The summed E-state index contributed by atoms with van der Waals surface area (Å²) in [4.78, 5) is 12.3. The summed E-state index contributed by atoms with van der Waals surface area (Å²) in [7, 11) is -3.79. The highest BCUT2D eigenvalue weighted by atomic mass is 35.5. The number of esters is 1. The average Bonchev–Trinajstić information content (AvgIpc) is 2.92. The van der Waals surface area contributed by atoms with E-state index in [2.05, 4.69) is 4.72 Å². The molecule has 0 aliphatic carbocycles. The molecular formula is C18H16ClNO5S. The van der Waals surface area contributed by atoms with Gasteiger partial charge in [0, 0.05) is 5.39 Å². The van der Waals surface area contributed by atoms with Gasteiger partial charge in [-0.2, -0.15) is 0 Å². The van der Waals surface area contributed by atoms with E-state index in [1.165, 1.54) is 24.3 Å². The van der Waals surface area contributed by atoms with E-state index >= 15 is 0 Å². The highest BCUT2D eigenvalue weighted by molar-refractivity contribution is 7.92. The lowest BCUT2D eigenvalue weighted by molar-refractivity contribution is 0.0526. The number of anilines is 1. The maximum Gasteiger partial charge on any atom is 0.342 e. The molecule has 0 radical (unpaired) electrons. The van der Waals surface area contributed by atoms with Gasteiger partial charge in [0.2, 0.25) is 0 Å². The van der Waals surface area contributed by atoms with Gasteiger partial charge in [-0.1, -0.05) is 29.8 Å². The lowest BCUT2D eigenvalue weighted by Gasteiger charge is -2.09. The summed E-state index contributed by atoms with van der Waals surface area (Å²) < 4.78 is 38.1. The van der Waals surface area contributed by atoms with Crippen LogP contribution in [0.4, 0.5) is 5.69 Å². The summed E-state index contributed by atoms with van der Waals surface area (Å²) in [6, 6.07) is 10.9. The molecule has 0 unspecified atom stereocenters. The molecule has 0 bridgehead atoms. The first kappa shape index (κ1) is 18.3. The fourth-order valence-electron chi connectivity index (χ4n) is 2.61. The molecule has 0 amide bonds. The summed E-state index contributed by atoms with van der Waals surface area (Å²) in [6.45, 7) is 3.53. The van der Waals surface area contributed by atoms with Crippen LogP contribution in [-0.2, 0) is 14.8 Å². The molecule has 0 fully saturated rings. The highest BCUT2D eigenvalue weighted by Gasteiger charge is 2.23. The van der Waals surface area contributed by atoms with Crippen molar-refractivity contribution in [1.29, 1.82) is 0 Å². The number of nitrogens with one attached hydrogen (secondary N) is 1. The number of carbonyl (C=O) groups is 1. The second kappa shape index (κ2) is 7.01. The van der Waals surface area contributed by atoms with Crippen molar-refractivity contribution in [1.82, 2.24) is 0 Å². The fourth-order valence-corrected chi connectivity index (χ4v) is 3.93. The molecule has 6 nitrogen and oxygen atoms in total. The van der Waals surface area contributed by atoms with Gasteiger partial charge in [-0.05, 0) is 38.1 Å². The molecule has 0 atom stereocenters. The molecule has 1 heterocycles. The van der Waals surface area contributed by atoms with Gasteiger partial charge in [0.1, 0.15) is 11.3 Å². The molecule has 1 aromatic heterocycles. The van der Waals surface area contributed by atoms with E-state index in [1.54, 1.807) is 32.0 Å². The van der Waals surface area contributed by atoms with Crippen LogP contribution in [0.3, 0.4) is 0 Å². The summed E-state index contributed by atoms with van der Waals surface area (Å²) in [5.41, 5.74) is 0.747. The molecule has 0 spiro atoms. The number of sulfonamides is 1. The number of fused-ring (bicyclic) bond motifs is 1. The first-order valence-electron chi connectivity index (χ1n) is 7.81. The number of hydrogen-bond donors (Lipinski definition) is 1. The molecule has 0 aliphatic rings. The zero-order chi connectivity index (χ0) is 18.9. The predicted octanol–water partition coefficient (Wildman–Crippen LogP) is 4.37. The van der Waals surface area contributed by atoms with Gasteiger partial charge in [0.05, 0.1) is 22.2 Å². The Morgan fingerprint density at radius 2 is 1.92 bits per heavy atom. The summed E-state index contributed by atoms with van der Waals surface area (Å²) in [6.07, 6.45) is 0. The van der Waals surface area contributed by atoms with Crippen molar-refractivity contribution in [3.05, 3.63) is 58.8 Å². The van der Waals surface area contributed by atoms with Crippen molar-refractivity contribution in [2.45, 2.75) is 18.7 Å². The fraction of sp³-hybridized carbons (Fsp3) is 0.167. The van der Waals surface area contributed by atoms with Gasteiger partial charge in [-0.3, -0.25) is 4.72 Å². The van der Waals surface area contributed by atoms with Gasteiger partial charge in [-0.25, -0.2) is 13.2 Å². The largest absolute Gasteiger partial charge is 0.462 e. The minimum atomic E-state index is -3.79. The second-order valence-electron chi connectivity index (χ2n) is 5.51. The lowest BCUT2D eigenvalue weighted by atomic mass is 10.1. The van der Waals surface area contributed by atoms with Crippen LogP contribution in [0.15, 0.2) is 51.8 Å². The van der Waals surface area contributed by atoms with Gasteiger partial charge in [0.15, 0.2) is 5.58 Å². The van der Waals surface area contributed by atoms with E-state index in [4.69, 9.17) is 20.8 Å². The van der Waals surface area contributed by atoms with Crippen LogP contribution in [0.5, 0.6) is 0 Å². The average molecular weight is 394 g/mol. The Balaban J connectivity index is 2.08. The third-order valence-electron chi connectivity index (χ3n) is 3.71. The summed E-state index contributed by atoms with van der Waals surface area (Å²) in [5, 5.41) is 0.575. The van der Waals surface area contributed by atoms with Crippen LogP contribution < -0.4 is 4.72 Å². The summed E-state index contributed by atoms with van der Waals surface area (Å²) >= 11 is 6.22. The monoisotopic (exact) mass is 393 g/mol. The molecule has 8 heteroatoms. The Bertz CT molecular complexity index is 1070. The zero-order valence-electron chi connectivity index (χ0n) is 14.1. The van der Waals surface area contributed by atoms with E-state index < -0.39 is 16.0 Å². The molecule has 1 N–H and O–H groups in total. The number of furan rings is 1. The number of hydrogen-bond acceptors (Lipinski definition) is 5. The third-order valence-corrected chi connectivity index (χ3v) is 5.38. The first-order valence-corrected chi connectivity index (χ1v) is 9.67. The molecule has 136 valence electrons. The van der Waals surface area contributed by atoms with Crippen LogP contribution in [0, 0.1) is 6.92 Å². The Kier molecular flexibility index (Phi) is 4.93. The molecule has 2 aromatic carbocycles. The van der Waals surface area contributed by atoms with Crippen LogP contribution in [0.25, 0.3) is 11.0 Å². The van der Waals surface area contributed by atoms with Crippen molar-refractivity contribution in [2.24, 2.45) is 0 Å². The maximum atomic E-state index is 12.5. The number of carbonyl (C=O) groups excluding carboxylic acids is 1. The number of aryl methyl sites for hydroxylation is 1.